The average Bonchev–Trinajstić information content (AvgIpc) is 2.68. The highest BCUT2D eigenvalue weighted by Gasteiger charge is 2.38. The molecule has 0 spiro atoms. The monoisotopic (exact) mass is 431 g/mol. The van der Waals surface area contributed by atoms with Gasteiger partial charge in [-0.25, -0.2) is 0 Å². The first-order valence-corrected chi connectivity index (χ1v) is 12.0. The molecule has 2 aromatic carbocycles. The van der Waals surface area contributed by atoms with Crippen molar-refractivity contribution >= 4 is 33.3 Å². The molecule has 0 radical (unpaired) electrons. The Hall–Kier alpha value is -2.00. The second-order valence-corrected chi connectivity index (χ2v) is 10.1. The zero-order valence-corrected chi connectivity index (χ0v) is 18.1. The number of likely N-dealkylation sites (N-methyl/N-ethyl adjacent to an activating group) is 2. The SMILES string of the molecule is CN1C=CCN(C)C1C(CCS(=O)(=O)O)N1c2ccccc2Sc2ccccc21. The largest absolute Gasteiger partial charge is 0.363 e. The molecule has 0 amide bonds. The lowest BCUT2D eigenvalue weighted by Gasteiger charge is -2.48. The molecule has 2 aliphatic heterocycles. The number of hydrogen-bond donors (Lipinski definition) is 1. The fourth-order valence-electron chi connectivity index (χ4n) is 4.22. The van der Waals surface area contributed by atoms with E-state index in [1.165, 1.54) is 0 Å². The molecule has 0 saturated carbocycles. The lowest BCUT2D eigenvalue weighted by molar-refractivity contribution is 0.0911. The van der Waals surface area contributed by atoms with Gasteiger partial charge in [0, 0.05) is 23.4 Å². The van der Waals surface area contributed by atoms with Crippen LogP contribution in [0.5, 0.6) is 0 Å². The van der Waals surface area contributed by atoms with Gasteiger partial charge in [-0.15, -0.1) is 0 Å². The minimum atomic E-state index is -4.07. The van der Waals surface area contributed by atoms with Crippen LogP contribution in [0.25, 0.3) is 0 Å². The Bertz CT molecular complexity index is 980. The van der Waals surface area contributed by atoms with Gasteiger partial charge in [-0.3, -0.25) is 9.45 Å². The first kappa shape index (κ1) is 20.3. The summed E-state index contributed by atoms with van der Waals surface area (Å²) in [5, 5.41) is 0. The van der Waals surface area contributed by atoms with Gasteiger partial charge in [0.2, 0.25) is 0 Å². The molecule has 1 N–H and O–H groups in total. The first-order valence-electron chi connectivity index (χ1n) is 9.54. The van der Waals surface area contributed by atoms with Gasteiger partial charge in [0.25, 0.3) is 10.1 Å². The van der Waals surface area contributed by atoms with Crippen molar-refractivity contribution in [3.8, 4) is 0 Å². The molecule has 2 heterocycles. The summed E-state index contributed by atoms with van der Waals surface area (Å²) in [4.78, 5) is 8.86. The second kappa shape index (κ2) is 8.02. The summed E-state index contributed by atoms with van der Waals surface area (Å²) in [5.74, 6) is -0.284. The Kier molecular flexibility index (Phi) is 5.61. The van der Waals surface area contributed by atoms with E-state index in [2.05, 4.69) is 45.0 Å². The molecular weight excluding hydrogens is 406 g/mol. The summed E-state index contributed by atoms with van der Waals surface area (Å²) in [7, 11) is -0.0222. The second-order valence-electron chi connectivity index (χ2n) is 7.45. The van der Waals surface area contributed by atoms with E-state index >= 15 is 0 Å². The van der Waals surface area contributed by atoms with Crippen LogP contribution in [0, 0.1) is 0 Å². The molecule has 4 rings (SSSR count). The molecule has 2 unspecified atom stereocenters. The molecule has 2 atom stereocenters. The number of fused-ring (bicyclic) bond motifs is 2. The highest BCUT2D eigenvalue weighted by Crippen LogP contribution is 2.49. The van der Waals surface area contributed by atoms with E-state index in [1.54, 1.807) is 11.8 Å². The van der Waals surface area contributed by atoms with Gasteiger partial charge in [0.15, 0.2) is 0 Å². The zero-order chi connectivity index (χ0) is 20.6. The molecule has 8 heteroatoms. The summed E-state index contributed by atoms with van der Waals surface area (Å²) in [6, 6.07) is 16.2. The van der Waals surface area contributed by atoms with E-state index in [-0.39, 0.29) is 18.0 Å². The van der Waals surface area contributed by atoms with Crippen molar-refractivity contribution in [3.05, 3.63) is 60.8 Å². The van der Waals surface area contributed by atoms with Crippen molar-refractivity contribution in [2.75, 3.05) is 31.3 Å². The lowest BCUT2D eigenvalue weighted by atomic mass is 10.0. The normalized spacial score (nSPS) is 20.3. The van der Waals surface area contributed by atoms with Gasteiger partial charge < -0.3 is 9.80 Å². The van der Waals surface area contributed by atoms with Crippen LogP contribution in [0.1, 0.15) is 6.42 Å². The smallest absolute Gasteiger partial charge is 0.264 e. The summed E-state index contributed by atoms with van der Waals surface area (Å²) >= 11 is 1.73. The Balaban J connectivity index is 1.85. The van der Waals surface area contributed by atoms with Crippen LogP contribution in [0.2, 0.25) is 0 Å². The lowest BCUT2D eigenvalue weighted by Crippen LogP contribution is -2.58. The van der Waals surface area contributed by atoms with Crippen molar-refractivity contribution < 1.29 is 13.0 Å². The minimum Gasteiger partial charge on any atom is -0.363 e. The topological polar surface area (TPSA) is 64.1 Å². The predicted molar refractivity (Wildman–Crippen MR) is 117 cm³/mol. The molecular formula is C21H25N3O3S2. The van der Waals surface area contributed by atoms with E-state index < -0.39 is 10.1 Å². The average molecular weight is 432 g/mol. The molecule has 2 aromatic rings. The van der Waals surface area contributed by atoms with Crippen LogP contribution >= 0.6 is 11.8 Å². The molecule has 154 valence electrons. The van der Waals surface area contributed by atoms with Crippen LogP contribution in [0.4, 0.5) is 11.4 Å². The predicted octanol–water partition coefficient (Wildman–Crippen LogP) is 3.65. The standard InChI is InChI=1S/C21H25N3O3S2/c1-22-13-7-14-23(2)21(22)18(12-15-29(25,26)27)24-16-8-3-5-10-19(16)28-20-11-6-4-9-17(20)24/h3-11,13,18,21H,12,14-15H2,1-2H3,(H,25,26,27). The Morgan fingerprint density at radius 2 is 1.66 bits per heavy atom. The number of hydrogen-bond acceptors (Lipinski definition) is 6. The van der Waals surface area contributed by atoms with E-state index in [4.69, 9.17) is 0 Å². The van der Waals surface area contributed by atoms with Gasteiger partial charge in [-0.2, -0.15) is 8.42 Å². The summed E-state index contributed by atoms with van der Waals surface area (Å²) in [6.07, 6.45) is 4.39. The number of anilines is 2. The fourth-order valence-corrected chi connectivity index (χ4v) is 5.84. The summed E-state index contributed by atoms with van der Waals surface area (Å²) in [5.41, 5.74) is 2.13. The third-order valence-electron chi connectivity index (χ3n) is 5.42. The van der Waals surface area contributed by atoms with Crippen LogP contribution in [0.3, 0.4) is 0 Å². The first-order chi connectivity index (χ1) is 13.8. The van der Waals surface area contributed by atoms with Crippen molar-refractivity contribution in [3.63, 3.8) is 0 Å². The zero-order valence-electron chi connectivity index (χ0n) is 16.5. The molecule has 0 fully saturated rings. The molecule has 0 aliphatic carbocycles. The van der Waals surface area contributed by atoms with E-state index in [9.17, 15) is 13.0 Å². The third kappa shape index (κ3) is 4.16. The molecule has 0 saturated heterocycles. The van der Waals surface area contributed by atoms with Crippen LogP contribution < -0.4 is 4.90 Å². The minimum absolute atomic E-state index is 0.0500. The molecule has 6 nitrogen and oxygen atoms in total. The van der Waals surface area contributed by atoms with Crippen LogP contribution in [0.15, 0.2) is 70.6 Å². The van der Waals surface area contributed by atoms with Crippen LogP contribution in [-0.2, 0) is 10.1 Å². The molecule has 29 heavy (non-hydrogen) atoms. The van der Waals surface area contributed by atoms with Gasteiger partial charge >= 0.3 is 0 Å². The van der Waals surface area contributed by atoms with Crippen molar-refractivity contribution in [1.29, 1.82) is 0 Å². The van der Waals surface area contributed by atoms with Crippen molar-refractivity contribution in [2.24, 2.45) is 0 Å². The number of nitrogens with zero attached hydrogens (tertiary/aromatic N) is 3. The number of rotatable bonds is 5. The number of para-hydroxylation sites is 2. The Morgan fingerprint density at radius 1 is 1.07 bits per heavy atom. The van der Waals surface area contributed by atoms with Gasteiger partial charge in [0.05, 0.1) is 23.2 Å². The van der Waals surface area contributed by atoms with Crippen molar-refractivity contribution in [2.45, 2.75) is 28.4 Å². The maximum atomic E-state index is 11.6. The Labute approximate surface area is 176 Å². The highest BCUT2D eigenvalue weighted by molar-refractivity contribution is 7.99. The fraction of sp³-hybridized carbons (Fsp3) is 0.333. The third-order valence-corrected chi connectivity index (χ3v) is 7.30. The van der Waals surface area contributed by atoms with E-state index in [0.29, 0.717) is 6.42 Å². The highest BCUT2D eigenvalue weighted by atomic mass is 32.2. The van der Waals surface area contributed by atoms with Gasteiger partial charge in [0.1, 0.15) is 6.17 Å². The summed E-state index contributed by atoms with van der Waals surface area (Å²) in [6.45, 7) is 0.781. The molecule has 0 bridgehead atoms. The number of benzene rings is 2. The molecule has 2 aliphatic rings. The van der Waals surface area contributed by atoms with E-state index in [1.807, 2.05) is 44.6 Å². The van der Waals surface area contributed by atoms with Crippen LogP contribution in [-0.4, -0.2) is 61.4 Å². The molecule has 0 aromatic heterocycles. The van der Waals surface area contributed by atoms with Gasteiger partial charge in [-0.1, -0.05) is 42.1 Å². The van der Waals surface area contributed by atoms with Crippen molar-refractivity contribution in [1.82, 2.24) is 9.80 Å². The quantitative estimate of drug-likeness (QED) is 0.725. The van der Waals surface area contributed by atoms with Gasteiger partial charge in [-0.05, 0) is 43.9 Å². The van der Waals surface area contributed by atoms with E-state index in [0.717, 1.165) is 27.7 Å². The summed E-state index contributed by atoms with van der Waals surface area (Å²) < 4.78 is 32.8. The maximum Gasteiger partial charge on any atom is 0.264 e. The Morgan fingerprint density at radius 3 is 2.21 bits per heavy atom. The maximum absolute atomic E-state index is 11.6.